The topological polar surface area (TPSA) is 123 Å². The first-order valence-electron chi connectivity index (χ1n) is 11.0. The second-order valence-electron chi connectivity index (χ2n) is 8.49. The molecule has 3 N–H and O–H groups in total. The van der Waals surface area contributed by atoms with Crippen LogP contribution < -0.4 is 21.3 Å². The highest BCUT2D eigenvalue weighted by atomic mass is 16.5. The number of aryl methyl sites for hydroxylation is 1. The molecule has 1 unspecified atom stereocenters. The molecule has 1 spiro atoms. The van der Waals surface area contributed by atoms with Crippen molar-refractivity contribution in [1.29, 1.82) is 5.26 Å². The summed E-state index contributed by atoms with van der Waals surface area (Å²) < 4.78 is 12.8. The molecule has 1 atom stereocenters. The molecule has 1 amide bonds. The van der Waals surface area contributed by atoms with E-state index in [-0.39, 0.29) is 28.3 Å². The molecule has 5 rings (SSSR count). The van der Waals surface area contributed by atoms with E-state index in [1.54, 1.807) is 34.9 Å². The Bertz CT molecular complexity index is 1270. The average Bonchev–Trinajstić information content (AvgIpc) is 3.09. The van der Waals surface area contributed by atoms with Crippen LogP contribution in [0.5, 0.6) is 5.75 Å². The van der Waals surface area contributed by atoms with Gasteiger partial charge in [-0.1, -0.05) is 18.2 Å². The molecule has 4 heterocycles. The molecule has 2 aromatic rings. The van der Waals surface area contributed by atoms with Crippen molar-refractivity contribution in [3.05, 3.63) is 69.0 Å². The van der Waals surface area contributed by atoms with Crippen molar-refractivity contribution in [3.63, 3.8) is 0 Å². The zero-order valence-corrected chi connectivity index (χ0v) is 18.4. The van der Waals surface area contributed by atoms with Gasteiger partial charge in [0.1, 0.15) is 17.4 Å². The van der Waals surface area contributed by atoms with Gasteiger partial charge < -0.3 is 25.1 Å². The van der Waals surface area contributed by atoms with Crippen LogP contribution in [-0.4, -0.2) is 48.2 Å². The largest absolute Gasteiger partial charge is 0.440 e. The van der Waals surface area contributed by atoms with Crippen molar-refractivity contribution >= 4 is 11.6 Å². The maximum atomic E-state index is 13.9. The molecule has 0 bridgehead atoms. The number of fused-ring (bicyclic) bond motifs is 4. The minimum absolute atomic E-state index is 0.0710. The van der Waals surface area contributed by atoms with Crippen LogP contribution in [0, 0.1) is 18.3 Å². The number of nitriles is 1. The third-order valence-electron chi connectivity index (χ3n) is 6.68. The summed E-state index contributed by atoms with van der Waals surface area (Å²) in [6.45, 7) is 6.34. The molecule has 9 heteroatoms. The number of ether oxygens (including phenoxy) is 2. The van der Waals surface area contributed by atoms with Gasteiger partial charge in [-0.05, 0) is 19.4 Å². The molecule has 3 aliphatic heterocycles. The molecule has 3 aliphatic rings. The van der Waals surface area contributed by atoms with Crippen LogP contribution >= 0.6 is 0 Å². The Kier molecular flexibility index (Phi) is 5.19. The summed E-state index contributed by atoms with van der Waals surface area (Å²) in [6.07, 6.45) is 0.763. The van der Waals surface area contributed by atoms with Gasteiger partial charge in [-0.3, -0.25) is 14.5 Å². The van der Waals surface area contributed by atoms with Gasteiger partial charge in [-0.2, -0.15) is 5.26 Å². The van der Waals surface area contributed by atoms with Gasteiger partial charge in [0, 0.05) is 49.2 Å². The maximum absolute atomic E-state index is 13.9. The number of hydrogen-bond acceptors (Lipinski definition) is 7. The first kappa shape index (κ1) is 21.2. The minimum atomic E-state index is -1.64. The van der Waals surface area contributed by atoms with Crippen molar-refractivity contribution in [1.82, 2.24) is 9.47 Å². The van der Waals surface area contributed by atoms with E-state index in [2.05, 4.69) is 10.2 Å². The summed E-state index contributed by atoms with van der Waals surface area (Å²) in [7, 11) is 0. The monoisotopic (exact) mass is 447 g/mol. The van der Waals surface area contributed by atoms with Gasteiger partial charge in [-0.15, -0.1) is 0 Å². The normalized spacial score (nSPS) is 21.9. The first-order valence-corrected chi connectivity index (χ1v) is 11.0. The Morgan fingerprint density at radius 1 is 1.21 bits per heavy atom. The van der Waals surface area contributed by atoms with Crippen LogP contribution in [0.1, 0.15) is 23.2 Å². The van der Waals surface area contributed by atoms with Gasteiger partial charge in [0.25, 0.3) is 5.56 Å². The number of pyridine rings is 1. The van der Waals surface area contributed by atoms with Crippen LogP contribution in [0.3, 0.4) is 0 Å². The van der Waals surface area contributed by atoms with Crippen molar-refractivity contribution in [2.45, 2.75) is 25.3 Å². The van der Waals surface area contributed by atoms with E-state index in [1.807, 2.05) is 13.0 Å². The minimum Gasteiger partial charge on any atom is -0.440 e. The number of carbonyl (C=O) groups excluding carboxylic acids is 1. The Labute approximate surface area is 191 Å². The number of benzene rings is 1. The van der Waals surface area contributed by atoms with E-state index in [0.29, 0.717) is 23.5 Å². The lowest BCUT2D eigenvalue weighted by Crippen LogP contribution is -2.47. The quantitative estimate of drug-likeness (QED) is 0.722. The standard InChI is InChI=1S/C24H25N5O4/c1-15-13-19-20(22(30)29(15)8-4-7-28-9-11-32-12-10-28)24(17(14-25)21(26)33-19)16-5-2-3-6-18(16)27-23(24)31/h2-3,5-6,13H,4,7-12,26H2,1H3,(H,27,31). The van der Waals surface area contributed by atoms with Gasteiger partial charge >= 0.3 is 0 Å². The first-order chi connectivity index (χ1) is 16.0. The van der Waals surface area contributed by atoms with Gasteiger partial charge in [0.05, 0.1) is 18.8 Å². The fourth-order valence-electron chi connectivity index (χ4n) is 5.09. The Morgan fingerprint density at radius 3 is 2.73 bits per heavy atom. The fourth-order valence-corrected chi connectivity index (χ4v) is 5.09. The zero-order chi connectivity index (χ0) is 23.2. The second kappa shape index (κ2) is 8.06. The molecule has 0 radical (unpaired) electrons. The number of aromatic nitrogens is 1. The summed E-state index contributed by atoms with van der Waals surface area (Å²) in [5.74, 6) is -0.431. The predicted molar refractivity (Wildman–Crippen MR) is 121 cm³/mol. The number of rotatable bonds is 4. The van der Waals surface area contributed by atoms with E-state index < -0.39 is 11.3 Å². The Hall–Kier alpha value is -3.61. The van der Waals surface area contributed by atoms with Crippen LogP contribution in [0.4, 0.5) is 5.69 Å². The smallest absolute Gasteiger partial charge is 0.259 e. The summed E-state index contributed by atoms with van der Waals surface area (Å²) in [5.41, 5.74) is 5.97. The number of anilines is 1. The summed E-state index contributed by atoms with van der Waals surface area (Å²) >= 11 is 0. The molecular formula is C24H25N5O4. The molecule has 1 aromatic carbocycles. The van der Waals surface area contributed by atoms with E-state index in [0.717, 1.165) is 39.3 Å². The van der Waals surface area contributed by atoms with Crippen LogP contribution in [0.25, 0.3) is 0 Å². The predicted octanol–water partition coefficient (Wildman–Crippen LogP) is 1.20. The maximum Gasteiger partial charge on any atom is 0.259 e. The highest BCUT2D eigenvalue weighted by Gasteiger charge is 2.58. The van der Waals surface area contributed by atoms with Gasteiger partial charge in [0.15, 0.2) is 5.41 Å². The third-order valence-corrected chi connectivity index (χ3v) is 6.68. The average molecular weight is 447 g/mol. The van der Waals surface area contributed by atoms with Crippen molar-refractivity contribution in [2.75, 3.05) is 38.2 Å². The highest BCUT2D eigenvalue weighted by molar-refractivity contribution is 6.12. The third kappa shape index (κ3) is 3.14. The van der Waals surface area contributed by atoms with Gasteiger partial charge in [0.2, 0.25) is 11.8 Å². The number of amides is 1. The number of para-hydroxylation sites is 1. The number of morpholine rings is 1. The fraction of sp³-hybridized carbons (Fsp3) is 0.375. The molecule has 33 heavy (non-hydrogen) atoms. The summed E-state index contributed by atoms with van der Waals surface area (Å²) in [5, 5.41) is 12.8. The molecule has 1 saturated heterocycles. The van der Waals surface area contributed by atoms with E-state index in [1.165, 1.54) is 0 Å². The molecule has 1 fully saturated rings. The Morgan fingerprint density at radius 2 is 1.97 bits per heavy atom. The zero-order valence-electron chi connectivity index (χ0n) is 18.4. The number of nitrogens with zero attached hydrogens (tertiary/aromatic N) is 3. The number of nitrogens with one attached hydrogen (secondary N) is 1. The second-order valence-corrected chi connectivity index (χ2v) is 8.49. The van der Waals surface area contributed by atoms with E-state index in [4.69, 9.17) is 15.2 Å². The molecule has 1 aromatic heterocycles. The lowest BCUT2D eigenvalue weighted by atomic mass is 9.69. The summed E-state index contributed by atoms with van der Waals surface area (Å²) in [6, 6.07) is 10.8. The van der Waals surface area contributed by atoms with Crippen LogP contribution in [0.15, 0.2) is 46.6 Å². The lowest BCUT2D eigenvalue weighted by Gasteiger charge is -2.34. The van der Waals surface area contributed by atoms with E-state index >= 15 is 0 Å². The Balaban J connectivity index is 1.62. The van der Waals surface area contributed by atoms with Crippen LogP contribution in [0.2, 0.25) is 0 Å². The number of hydrogen-bond donors (Lipinski definition) is 2. The van der Waals surface area contributed by atoms with Crippen LogP contribution in [-0.2, 0) is 21.5 Å². The van der Waals surface area contributed by atoms with E-state index in [9.17, 15) is 14.9 Å². The molecule has 9 nitrogen and oxygen atoms in total. The van der Waals surface area contributed by atoms with Gasteiger partial charge in [-0.25, -0.2) is 0 Å². The molecule has 0 saturated carbocycles. The summed E-state index contributed by atoms with van der Waals surface area (Å²) in [4.78, 5) is 29.7. The number of nitrogens with two attached hydrogens (primary N) is 1. The van der Waals surface area contributed by atoms with Crippen molar-refractivity contribution in [2.24, 2.45) is 5.73 Å². The molecule has 0 aliphatic carbocycles. The van der Waals surface area contributed by atoms with Crippen molar-refractivity contribution in [3.8, 4) is 11.8 Å². The molecule has 170 valence electrons. The SMILES string of the molecule is Cc1cc2c(c(=O)n1CCCN1CCOCC1)C1(C(=O)Nc3ccccc31)C(C#N)=C(N)O2. The highest BCUT2D eigenvalue weighted by Crippen LogP contribution is 2.51. The molecular weight excluding hydrogens is 422 g/mol. The lowest BCUT2D eigenvalue weighted by molar-refractivity contribution is -0.118. The van der Waals surface area contributed by atoms with Crippen molar-refractivity contribution < 1.29 is 14.3 Å². The number of carbonyl (C=O) groups is 1.